The van der Waals surface area contributed by atoms with Crippen LogP contribution in [0.4, 0.5) is 28.1 Å². The Hall–Kier alpha value is -3.21. The van der Waals surface area contributed by atoms with Crippen LogP contribution < -0.4 is 16.4 Å². The highest BCUT2D eigenvalue weighted by molar-refractivity contribution is 6.42. The van der Waals surface area contributed by atoms with Crippen molar-refractivity contribution in [2.45, 2.75) is 13.8 Å². The summed E-state index contributed by atoms with van der Waals surface area (Å²) in [7, 11) is 0. The van der Waals surface area contributed by atoms with Gasteiger partial charge in [0.1, 0.15) is 10.3 Å². The summed E-state index contributed by atoms with van der Waals surface area (Å²) in [4.78, 5) is 40.3. The zero-order valence-electron chi connectivity index (χ0n) is 20.5. The van der Waals surface area contributed by atoms with Crippen LogP contribution in [-0.4, -0.2) is 32.0 Å². The van der Waals surface area contributed by atoms with Crippen LogP contribution in [0.5, 0.6) is 0 Å². The fourth-order valence-corrected chi connectivity index (χ4v) is 3.66. The van der Waals surface area contributed by atoms with Gasteiger partial charge in [0, 0.05) is 17.1 Å². The number of hydrogen-bond donors (Lipinski definition) is 3. The predicted molar refractivity (Wildman–Crippen MR) is 161 cm³/mol. The number of nitrogen functional groups attached to an aromatic ring is 1. The van der Waals surface area contributed by atoms with Crippen LogP contribution in [0.1, 0.15) is 11.4 Å². The molecule has 2 heterocycles. The summed E-state index contributed by atoms with van der Waals surface area (Å²) in [5.74, 6) is 0.340. The first-order valence-electron chi connectivity index (χ1n) is 10.7. The fraction of sp³-hybridized carbons (Fsp3) is 0.0833. The minimum absolute atomic E-state index is 0.118. The van der Waals surface area contributed by atoms with E-state index in [1.807, 2.05) is 6.92 Å². The summed E-state index contributed by atoms with van der Waals surface area (Å²) in [6.45, 7) is 3.56. The van der Waals surface area contributed by atoms with Crippen molar-refractivity contribution in [2.75, 3.05) is 16.4 Å². The third kappa shape index (κ3) is 11.9. The van der Waals surface area contributed by atoms with E-state index in [2.05, 4.69) is 35.6 Å². The van der Waals surface area contributed by atoms with E-state index in [0.717, 1.165) is 5.69 Å². The van der Waals surface area contributed by atoms with Gasteiger partial charge in [0.25, 0.3) is 0 Å². The van der Waals surface area contributed by atoms with Crippen molar-refractivity contribution < 1.29 is 9.59 Å². The van der Waals surface area contributed by atoms with Gasteiger partial charge in [-0.25, -0.2) is 29.5 Å². The molecule has 4 N–H and O–H groups in total. The Morgan fingerprint density at radius 1 is 0.750 bits per heavy atom. The fourth-order valence-electron chi connectivity index (χ4n) is 2.58. The van der Waals surface area contributed by atoms with Crippen LogP contribution >= 0.6 is 69.6 Å². The van der Waals surface area contributed by atoms with Crippen molar-refractivity contribution in [3.05, 3.63) is 90.3 Å². The lowest BCUT2D eigenvalue weighted by molar-refractivity contribution is 0.262. The maximum absolute atomic E-state index is 11.8. The molecular weight excluding hydrogens is 645 g/mol. The average Bonchev–Trinajstić information content (AvgIpc) is 2.83. The number of anilines is 3. The van der Waals surface area contributed by atoms with E-state index in [-0.39, 0.29) is 17.0 Å². The summed E-state index contributed by atoms with van der Waals surface area (Å²) >= 11 is 34.2. The van der Waals surface area contributed by atoms with Crippen molar-refractivity contribution in [3.8, 4) is 0 Å². The highest BCUT2D eigenvalue weighted by atomic mass is 35.5. The number of nitrogens with two attached hydrogens (primary N) is 1. The molecule has 0 spiro atoms. The lowest BCUT2D eigenvalue weighted by Gasteiger charge is -2.08. The van der Waals surface area contributed by atoms with Crippen LogP contribution in [0, 0.1) is 13.8 Å². The summed E-state index contributed by atoms with van der Waals surface area (Å²) in [5, 5.41) is 7.27. The molecule has 0 fully saturated rings. The standard InChI is InChI=1S/C12H9Cl3N4O.C7H3Cl2NO.C5H6ClN3/c1-6-4-10(15)18-11(16-6)19-12(20)17-7-2-3-8(13)9(14)5-7;8-6-2-1-5(10-4-11)3-7(6)9;1-3-2-4(6)9-5(7)8-3/h2-5H,1H3,(H2,16,17,18,19,20);1-3H;2H,1H3,(H2,7,8,9). The third-order valence-electron chi connectivity index (χ3n) is 4.14. The number of nitrogens with one attached hydrogen (secondary N) is 2. The lowest BCUT2D eigenvalue weighted by atomic mass is 10.3. The molecule has 0 bridgehead atoms. The summed E-state index contributed by atoms with van der Waals surface area (Å²) in [6, 6.07) is 12.1. The number of halogens is 6. The van der Waals surface area contributed by atoms with Gasteiger partial charge in [0.15, 0.2) is 0 Å². The predicted octanol–water partition coefficient (Wildman–Crippen LogP) is 8.37. The van der Waals surface area contributed by atoms with Crippen LogP contribution in [0.3, 0.4) is 0 Å². The van der Waals surface area contributed by atoms with Crippen LogP contribution in [-0.2, 0) is 4.79 Å². The molecule has 2 amide bonds. The van der Waals surface area contributed by atoms with E-state index in [9.17, 15) is 9.59 Å². The maximum Gasteiger partial charge on any atom is 0.326 e. The monoisotopic (exact) mass is 660 g/mol. The molecule has 0 saturated heterocycles. The largest absolute Gasteiger partial charge is 0.368 e. The number of carbonyl (C=O) groups is 1. The first kappa shape index (κ1) is 33.0. The molecule has 2 aromatic heterocycles. The van der Waals surface area contributed by atoms with Crippen LogP contribution in [0.15, 0.2) is 53.5 Å². The highest BCUT2D eigenvalue weighted by Gasteiger charge is 2.08. The molecular formula is C24H18Cl6N8O2. The van der Waals surface area contributed by atoms with E-state index in [1.165, 1.54) is 18.2 Å². The molecule has 16 heteroatoms. The molecule has 10 nitrogen and oxygen atoms in total. The van der Waals surface area contributed by atoms with Gasteiger partial charge >= 0.3 is 6.03 Å². The van der Waals surface area contributed by atoms with Gasteiger partial charge in [-0.1, -0.05) is 69.6 Å². The second-order valence-electron chi connectivity index (χ2n) is 7.36. The third-order valence-corrected chi connectivity index (χ3v) is 6.01. The Balaban J connectivity index is 0.000000235. The Morgan fingerprint density at radius 3 is 1.85 bits per heavy atom. The number of aryl methyl sites for hydroxylation is 2. The molecule has 40 heavy (non-hydrogen) atoms. The van der Waals surface area contributed by atoms with Crippen molar-refractivity contribution >= 4 is 105 Å². The Bertz CT molecular complexity index is 1480. The Morgan fingerprint density at radius 2 is 1.32 bits per heavy atom. The number of hydrogen-bond acceptors (Lipinski definition) is 8. The van der Waals surface area contributed by atoms with E-state index in [0.29, 0.717) is 42.3 Å². The van der Waals surface area contributed by atoms with Crippen LogP contribution in [0.2, 0.25) is 30.4 Å². The second-order valence-corrected chi connectivity index (χ2v) is 9.76. The number of urea groups is 1. The summed E-state index contributed by atoms with van der Waals surface area (Å²) < 4.78 is 0. The minimum atomic E-state index is -0.509. The number of rotatable bonds is 3. The number of aliphatic imine (C=N–C) groups is 1. The van der Waals surface area contributed by atoms with Gasteiger partial charge in [-0.2, -0.15) is 4.99 Å². The van der Waals surface area contributed by atoms with Gasteiger partial charge in [-0.05, 0) is 62.4 Å². The van der Waals surface area contributed by atoms with Gasteiger partial charge in [0.2, 0.25) is 18.0 Å². The van der Waals surface area contributed by atoms with E-state index in [4.69, 9.17) is 75.3 Å². The molecule has 0 saturated carbocycles. The number of carbonyl (C=O) groups excluding carboxylic acids is 2. The molecule has 0 unspecified atom stereocenters. The molecule has 0 atom stereocenters. The van der Waals surface area contributed by atoms with Gasteiger partial charge < -0.3 is 11.1 Å². The molecule has 208 valence electrons. The molecule has 0 aliphatic rings. The minimum Gasteiger partial charge on any atom is -0.368 e. The van der Waals surface area contributed by atoms with E-state index >= 15 is 0 Å². The van der Waals surface area contributed by atoms with Crippen LogP contribution in [0.25, 0.3) is 0 Å². The smallest absolute Gasteiger partial charge is 0.326 e. The number of nitrogens with zero attached hydrogens (tertiary/aromatic N) is 5. The summed E-state index contributed by atoms with van der Waals surface area (Å²) in [6.07, 6.45) is 1.40. The van der Waals surface area contributed by atoms with Gasteiger partial charge in [-0.3, -0.25) is 5.32 Å². The van der Waals surface area contributed by atoms with E-state index < -0.39 is 6.03 Å². The molecule has 2 aromatic carbocycles. The molecule has 0 radical (unpaired) electrons. The van der Waals surface area contributed by atoms with Crippen molar-refractivity contribution in [1.82, 2.24) is 19.9 Å². The van der Waals surface area contributed by atoms with Crippen molar-refractivity contribution in [3.63, 3.8) is 0 Å². The molecule has 0 aliphatic carbocycles. The Kier molecular flexibility index (Phi) is 13.3. The van der Waals surface area contributed by atoms with E-state index in [1.54, 1.807) is 43.3 Å². The number of benzene rings is 2. The van der Waals surface area contributed by atoms with Gasteiger partial charge in [-0.15, -0.1) is 0 Å². The zero-order chi connectivity index (χ0) is 29.8. The first-order valence-corrected chi connectivity index (χ1v) is 13.0. The maximum atomic E-state index is 11.8. The molecule has 4 rings (SSSR count). The topological polar surface area (TPSA) is 148 Å². The molecule has 0 aliphatic heterocycles. The highest BCUT2D eigenvalue weighted by Crippen LogP contribution is 2.26. The summed E-state index contributed by atoms with van der Waals surface area (Å²) in [5.41, 5.74) is 7.63. The van der Waals surface area contributed by atoms with Crippen molar-refractivity contribution in [2.24, 2.45) is 4.99 Å². The van der Waals surface area contributed by atoms with Crippen molar-refractivity contribution in [1.29, 1.82) is 0 Å². The first-order chi connectivity index (χ1) is 18.9. The average molecular weight is 663 g/mol. The Labute approximate surface area is 258 Å². The lowest BCUT2D eigenvalue weighted by Crippen LogP contribution is -2.21. The number of aromatic nitrogens is 4. The zero-order valence-corrected chi connectivity index (χ0v) is 25.1. The normalized spacial score (nSPS) is 9.70. The molecule has 4 aromatic rings. The van der Waals surface area contributed by atoms with Gasteiger partial charge in [0.05, 0.1) is 25.8 Å². The quantitative estimate of drug-likeness (QED) is 0.113. The number of amides is 2. The second kappa shape index (κ2) is 16.2. The number of isocyanates is 1. The SMILES string of the molecule is Cc1cc(Cl)nc(N)n1.Cc1cc(Cl)nc(NC(=O)Nc2ccc(Cl)c(Cl)c2)n1.O=C=Nc1ccc(Cl)c(Cl)c1.